The lowest BCUT2D eigenvalue weighted by molar-refractivity contribution is -0.115. The maximum Gasteiger partial charge on any atom is 0.269 e. The minimum Gasteiger partial charge on any atom is -0.326 e. The molecular formula is C18H18BrN3O3. The maximum absolute atomic E-state index is 12.1. The van der Waals surface area contributed by atoms with Crippen molar-refractivity contribution in [1.29, 1.82) is 0 Å². The van der Waals surface area contributed by atoms with E-state index in [1.807, 2.05) is 13.0 Å². The molecule has 0 fully saturated rings. The minimum atomic E-state index is -0.451. The van der Waals surface area contributed by atoms with Gasteiger partial charge in [-0.2, -0.15) is 0 Å². The first-order chi connectivity index (χ1) is 11.9. The van der Waals surface area contributed by atoms with Gasteiger partial charge in [0.25, 0.3) is 11.8 Å². The van der Waals surface area contributed by atoms with Crippen LogP contribution in [0.1, 0.15) is 39.6 Å². The molecule has 0 atom stereocenters. The van der Waals surface area contributed by atoms with Crippen molar-refractivity contribution in [2.75, 3.05) is 5.32 Å². The Hall–Kier alpha value is -2.67. The van der Waals surface area contributed by atoms with Crippen LogP contribution in [0.25, 0.3) is 0 Å². The van der Waals surface area contributed by atoms with Crippen LogP contribution in [-0.4, -0.2) is 17.7 Å². The van der Waals surface area contributed by atoms with E-state index in [4.69, 9.17) is 0 Å². The number of rotatable bonds is 4. The predicted octanol–water partition coefficient (Wildman–Crippen LogP) is 3.18. The van der Waals surface area contributed by atoms with E-state index in [0.717, 1.165) is 10.0 Å². The third-order valence-corrected chi connectivity index (χ3v) is 4.33. The number of hydrazine groups is 1. The van der Waals surface area contributed by atoms with Crippen LogP contribution < -0.4 is 16.2 Å². The van der Waals surface area contributed by atoms with Gasteiger partial charge in [0.05, 0.1) is 0 Å². The number of carbonyl (C=O) groups is 3. The van der Waals surface area contributed by atoms with E-state index in [-0.39, 0.29) is 5.91 Å². The molecule has 130 valence electrons. The van der Waals surface area contributed by atoms with E-state index < -0.39 is 11.8 Å². The van der Waals surface area contributed by atoms with Gasteiger partial charge in [0, 0.05) is 27.7 Å². The lowest BCUT2D eigenvalue weighted by Gasteiger charge is -2.09. The van der Waals surface area contributed by atoms with Gasteiger partial charge in [-0.1, -0.05) is 28.9 Å². The molecule has 0 saturated carbocycles. The Labute approximate surface area is 154 Å². The van der Waals surface area contributed by atoms with E-state index in [1.54, 1.807) is 43.3 Å². The van der Waals surface area contributed by atoms with E-state index in [1.165, 1.54) is 0 Å². The van der Waals surface area contributed by atoms with Crippen molar-refractivity contribution >= 4 is 39.3 Å². The zero-order valence-corrected chi connectivity index (χ0v) is 15.4. The van der Waals surface area contributed by atoms with Crippen molar-refractivity contribution in [2.45, 2.75) is 20.3 Å². The number of anilines is 1. The van der Waals surface area contributed by atoms with E-state index >= 15 is 0 Å². The van der Waals surface area contributed by atoms with E-state index in [0.29, 0.717) is 23.2 Å². The van der Waals surface area contributed by atoms with Crippen LogP contribution in [0, 0.1) is 6.92 Å². The Bertz CT molecular complexity index is 804. The number of hydrogen-bond donors (Lipinski definition) is 3. The molecule has 2 rings (SSSR count). The molecule has 2 aromatic rings. The van der Waals surface area contributed by atoms with Crippen molar-refractivity contribution in [3.8, 4) is 0 Å². The number of aryl methyl sites for hydroxylation is 1. The Morgan fingerprint density at radius 2 is 1.48 bits per heavy atom. The first-order valence-electron chi connectivity index (χ1n) is 7.67. The van der Waals surface area contributed by atoms with Crippen LogP contribution in [0.2, 0.25) is 0 Å². The highest BCUT2D eigenvalue weighted by atomic mass is 79.9. The monoisotopic (exact) mass is 403 g/mol. The molecule has 0 radical (unpaired) electrons. The maximum atomic E-state index is 12.1. The largest absolute Gasteiger partial charge is 0.326 e. The second-order valence-electron chi connectivity index (χ2n) is 5.35. The molecule has 0 heterocycles. The van der Waals surface area contributed by atoms with Crippen molar-refractivity contribution in [2.24, 2.45) is 0 Å². The fourth-order valence-electron chi connectivity index (χ4n) is 1.95. The molecule has 2 aromatic carbocycles. The highest BCUT2D eigenvalue weighted by Crippen LogP contribution is 2.17. The normalized spacial score (nSPS) is 10.0. The molecule has 0 aliphatic carbocycles. The third kappa shape index (κ3) is 5.15. The molecular weight excluding hydrogens is 386 g/mol. The van der Waals surface area contributed by atoms with Gasteiger partial charge in [0.2, 0.25) is 5.91 Å². The fourth-order valence-corrected chi connectivity index (χ4v) is 2.33. The standard InChI is InChI=1S/C18H18BrN3O3/c1-3-16(23)20-14-8-6-12(7-9-14)17(24)21-22-18(25)13-5-4-11(2)15(19)10-13/h4-10H,3H2,1-2H3,(H,20,23)(H,21,24)(H,22,25). The minimum absolute atomic E-state index is 0.103. The van der Waals surface area contributed by atoms with Crippen LogP contribution in [0.4, 0.5) is 5.69 Å². The highest BCUT2D eigenvalue weighted by molar-refractivity contribution is 9.10. The van der Waals surface area contributed by atoms with Crippen molar-refractivity contribution in [3.63, 3.8) is 0 Å². The summed E-state index contributed by atoms with van der Waals surface area (Å²) in [6, 6.07) is 11.5. The molecule has 7 heteroatoms. The molecule has 0 aromatic heterocycles. The molecule has 0 saturated heterocycles. The molecule has 3 amide bonds. The lowest BCUT2D eigenvalue weighted by Crippen LogP contribution is -2.41. The molecule has 0 aliphatic heterocycles. The average Bonchev–Trinajstić information content (AvgIpc) is 2.62. The molecule has 0 bridgehead atoms. The summed E-state index contributed by atoms with van der Waals surface area (Å²) in [6.07, 6.45) is 0.378. The number of halogens is 1. The second-order valence-corrected chi connectivity index (χ2v) is 6.21. The highest BCUT2D eigenvalue weighted by Gasteiger charge is 2.10. The van der Waals surface area contributed by atoms with Gasteiger partial charge >= 0.3 is 0 Å². The average molecular weight is 404 g/mol. The number of benzene rings is 2. The first-order valence-corrected chi connectivity index (χ1v) is 8.46. The Balaban J connectivity index is 1.94. The molecule has 6 nitrogen and oxygen atoms in total. The molecule has 0 aliphatic rings. The van der Waals surface area contributed by atoms with Gasteiger partial charge < -0.3 is 5.32 Å². The topological polar surface area (TPSA) is 87.3 Å². The fraction of sp³-hybridized carbons (Fsp3) is 0.167. The van der Waals surface area contributed by atoms with Crippen LogP contribution >= 0.6 is 15.9 Å². The summed E-state index contributed by atoms with van der Waals surface area (Å²) in [5, 5.41) is 2.69. The number of nitrogens with one attached hydrogen (secondary N) is 3. The van der Waals surface area contributed by atoms with Gasteiger partial charge in [-0.15, -0.1) is 0 Å². The van der Waals surface area contributed by atoms with Gasteiger partial charge in [0.15, 0.2) is 0 Å². The van der Waals surface area contributed by atoms with Gasteiger partial charge in [-0.25, -0.2) is 0 Å². The summed E-state index contributed by atoms with van der Waals surface area (Å²) >= 11 is 3.36. The number of amides is 3. The zero-order valence-electron chi connectivity index (χ0n) is 13.9. The first kappa shape index (κ1) is 18.7. The summed E-state index contributed by atoms with van der Waals surface area (Å²) in [6.45, 7) is 3.67. The molecule has 3 N–H and O–H groups in total. The lowest BCUT2D eigenvalue weighted by atomic mass is 10.1. The van der Waals surface area contributed by atoms with Gasteiger partial charge in [-0.3, -0.25) is 25.2 Å². The van der Waals surface area contributed by atoms with Gasteiger partial charge in [-0.05, 0) is 48.9 Å². The van der Waals surface area contributed by atoms with Crippen LogP contribution in [0.5, 0.6) is 0 Å². The summed E-state index contributed by atoms with van der Waals surface area (Å²) in [4.78, 5) is 35.4. The van der Waals surface area contributed by atoms with Crippen molar-refractivity contribution in [3.05, 3.63) is 63.6 Å². The number of carbonyl (C=O) groups excluding carboxylic acids is 3. The smallest absolute Gasteiger partial charge is 0.269 e. The zero-order chi connectivity index (χ0) is 18.4. The van der Waals surface area contributed by atoms with Crippen LogP contribution in [0.15, 0.2) is 46.9 Å². The predicted molar refractivity (Wildman–Crippen MR) is 99.2 cm³/mol. The van der Waals surface area contributed by atoms with E-state index in [2.05, 4.69) is 32.1 Å². The molecule has 0 unspecified atom stereocenters. The Morgan fingerprint density at radius 1 is 0.920 bits per heavy atom. The van der Waals surface area contributed by atoms with Crippen molar-refractivity contribution in [1.82, 2.24) is 10.9 Å². The van der Waals surface area contributed by atoms with E-state index in [9.17, 15) is 14.4 Å². The van der Waals surface area contributed by atoms with Crippen LogP contribution in [-0.2, 0) is 4.79 Å². The Morgan fingerprint density at radius 3 is 2.04 bits per heavy atom. The van der Waals surface area contributed by atoms with Crippen LogP contribution in [0.3, 0.4) is 0 Å². The third-order valence-electron chi connectivity index (χ3n) is 3.48. The summed E-state index contributed by atoms with van der Waals surface area (Å²) in [5.74, 6) is -0.970. The number of hydrogen-bond acceptors (Lipinski definition) is 3. The molecule has 0 spiro atoms. The SMILES string of the molecule is CCC(=O)Nc1ccc(C(=O)NNC(=O)c2ccc(C)c(Br)c2)cc1. The summed E-state index contributed by atoms with van der Waals surface area (Å²) in [7, 11) is 0. The van der Waals surface area contributed by atoms with Gasteiger partial charge in [0.1, 0.15) is 0 Å². The summed E-state index contributed by atoms with van der Waals surface area (Å²) in [5.41, 5.74) is 7.14. The molecule has 25 heavy (non-hydrogen) atoms. The van der Waals surface area contributed by atoms with Crippen molar-refractivity contribution < 1.29 is 14.4 Å². The Kier molecular flexibility index (Phi) is 6.30. The second kappa shape index (κ2) is 8.43. The quantitative estimate of drug-likeness (QED) is 0.685. The summed E-state index contributed by atoms with van der Waals surface area (Å²) < 4.78 is 0.816.